The summed E-state index contributed by atoms with van der Waals surface area (Å²) in [5.41, 5.74) is 7.30. The Labute approximate surface area is 148 Å². The first kappa shape index (κ1) is 15.9. The molecule has 4 heteroatoms. The Bertz CT molecular complexity index is 880. The second-order valence-corrected chi connectivity index (χ2v) is 6.79. The summed E-state index contributed by atoms with van der Waals surface area (Å²) in [6.07, 6.45) is 6.12. The Morgan fingerprint density at radius 3 is 2.84 bits per heavy atom. The normalized spacial score (nSPS) is 13.8. The van der Waals surface area contributed by atoms with Gasteiger partial charge in [-0.25, -0.2) is 4.68 Å². The first-order valence-corrected chi connectivity index (χ1v) is 9.05. The Morgan fingerprint density at radius 1 is 1.08 bits per heavy atom. The minimum absolute atomic E-state index is 0.780. The number of nitrogens with one attached hydrogen (secondary N) is 1. The van der Waals surface area contributed by atoms with Crippen molar-refractivity contribution in [2.24, 2.45) is 0 Å². The van der Waals surface area contributed by atoms with Crippen molar-refractivity contribution < 1.29 is 0 Å². The summed E-state index contributed by atoms with van der Waals surface area (Å²) in [5.74, 6) is 1.16. The van der Waals surface area contributed by atoms with Crippen LogP contribution in [0.4, 0.5) is 5.82 Å². The molecule has 1 aliphatic heterocycles. The lowest BCUT2D eigenvalue weighted by molar-refractivity contribution is 0.765. The third-order valence-corrected chi connectivity index (χ3v) is 5.09. The number of aromatic nitrogens is 3. The SMILES string of the molecule is Cc1cccc(-n2nc(Cc3ccccn3)c3c2NCCCC3)c1C. The molecule has 1 aromatic carbocycles. The van der Waals surface area contributed by atoms with Crippen molar-refractivity contribution in [2.45, 2.75) is 39.5 Å². The zero-order chi connectivity index (χ0) is 17.2. The molecule has 0 atom stereocenters. The largest absolute Gasteiger partial charge is 0.370 e. The van der Waals surface area contributed by atoms with Crippen LogP contribution < -0.4 is 5.32 Å². The van der Waals surface area contributed by atoms with E-state index in [-0.39, 0.29) is 0 Å². The van der Waals surface area contributed by atoms with Gasteiger partial charge in [-0.1, -0.05) is 18.2 Å². The highest BCUT2D eigenvalue weighted by molar-refractivity contribution is 5.57. The number of benzene rings is 1. The van der Waals surface area contributed by atoms with Gasteiger partial charge in [0.1, 0.15) is 5.82 Å². The molecule has 0 fully saturated rings. The third kappa shape index (κ3) is 3.04. The number of nitrogens with zero attached hydrogens (tertiary/aromatic N) is 3. The minimum atomic E-state index is 0.780. The zero-order valence-electron chi connectivity index (χ0n) is 14.9. The highest BCUT2D eigenvalue weighted by atomic mass is 15.3. The predicted octanol–water partition coefficient (Wildman–Crippen LogP) is 4.22. The first-order chi connectivity index (χ1) is 12.2. The van der Waals surface area contributed by atoms with Gasteiger partial charge in [0.2, 0.25) is 0 Å². The van der Waals surface area contributed by atoms with E-state index in [9.17, 15) is 0 Å². The van der Waals surface area contributed by atoms with Gasteiger partial charge >= 0.3 is 0 Å². The molecule has 2 aromatic heterocycles. The van der Waals surface area contributed by atoms with E-state index in [4.69, 9.17) is 5.10 Å². The van der Waals surface area contributed by atoms with Crippen LogP contribution in [0.5, 0.6) is 0 Å². The molecule has 25 heavy (non-hydrogen) atoms. The number of pyridine rings is 1. The number of fused-ring (bicyclic) bond motifs is 1. The molecule has 4 nitrogen and oxygen atoms in total. The fourth-order valence-corrected chi connectivity index (χ4v) is 3.53. The van der Waals surface area contributed by atoms with E-state index >= 15 is 0 Å². The second kappa shape index (κ2) is 6.71. The van der Waals surface area contributed by atoms with Crippen molar-refractivity contribution in [1.29, 1.82) is 0 Å². The molecule has 1 aliphatic rings. The Morgan fingerprint density at radius 2 is 2.00 bits per heavy atom. The first-order valence-electron chi connectivity index (χ1n) is 9.05. The van der Waals surface area contributed by atoms with E-state index in [1.54, 1.807) is 0 Å². The molecule has 0 spiro atoms. The van der Waals surface area contributed by atoms with Gasteiger partial charge in [-0.3, -0.25) is 4.98 Å². The molecule has 3 heterocycles. The quantitative estimate of drug-likeness (QED) is 0.781. The maximum Gasteiger partial charge on any atom is 0.133 e. The number of aryl methyl sites for hydroxylation is 1. The number of rotatable bonds is 3. The highest BCUT2D eigenvalue weighted by Gasteiger charge is 2.21. The van der Waals surface area contributed by atoms with Crippen LogP contribution in [-0.4, -0.2) is 21.3 Å². The van der Waals surface area contributed by atoms with Gasteiger partial charge in [-0.2, -0.15) is 5.10 Å². The molecular weight excluding hydrogens is 308 g/mol. The van der Waals surface area contributed by atoms with Crippen LogP contribution in [0.25, 0.3) is 5.69 Å². The van der Waals surface area contributed by atoms with Gasteiger partial charge in [0.05, 0.1) is 11.4 Å². The van der Waals surface area contributed by atoms with Gasteiger partial charge in [-0.15, -0.1) is 0 Å². The summed E-state index contributed by atoms with van der Waals surface area (Å²) < 4.78 is 2.11. The van der Waals surface area contributed by atoms with Crippen LogP contribution in [-0.2, 0) is 12.8 Å². The fourth-order valence-electron chi connectivity index (χ4n) is 3.53. The molecular formula is C21H24N4. The number of hydrogen-bond donors (Lipinski definition) is 1. The summed E-state index contributed by atoms with van der Waals surface area (Å²) in [7, 11) is 0. The van der Waals surface area contributed by atoms with Crippen LogP contribution >= 0.6 is 0 Å². The summed E-state index contributed by atoms with van der Waals surface area (Å²) in [4.78, 5) is 4.49. The van der Waals surface area contributed by atoms with Crippen LogP contribution in [0, 0.1) is 13.8 Å². The van der Waals surface area contributed by atoms with Crippen molar-refractivity contribution >= 4 is 5.82 Å². The number of anilines is 1. The fraction of sp³-hybridized carbons (Fsp3) is 0.333. The van der Waals surface area contributed by atoms with Gasteiger partial charge in [0, 0.05) is 30.4 Å². The van der Waals surface area contributed by atoms with Crippen LogP contribution in [0.15, 0.2) is 42.6 Å². The summed E-state index contributed by atoms with van der Waals surface area (Å²) in [6.45, 7) is 5.34. The van der Waals surface area contributed by atoms with E-state index < -0.39 is 0 Å². The Balaban J connectivity index is 1.83. The molecule has 3 aromatic rings. The van der Waals surface area contributed by atoms with Crippen LogP contribution in [0.3, 0.4) is 0 Å². The van der Waals surface area contributed by atoms with Crippen molar-refractivity contribution in [2.75, 3.05) is 11.9 Å². The van der Waals surface area contributed by atoms with Crippen molar-refractivity contribution in [1.82, 2.24) is 14.8 Å². The third-order valence-electron chi connectivity index (χ3n) is 5.09. The molecule has 0 amide bonds. The highest BCUT2D eigenvalue weighted by Crippen LogP contribution is 2.30. The van der Waals surface area contributed by atoms with Gasteiger partial charge in [0.15, 0.2) is 0 Å². The standard InChI is InChI=1S/C21H24N4/c1-15-8-7-11-20(16(15)2)25-21-18(10-4-6-13-23-21)19(24-25)14-17-9-3-5-12-22-17/h3,5,7-9,11-12,23H,4,6,10,13-14H2,1-2H3. The molecule has 128 valence electrons. The molecule has 0 bridgehead atoms. The summed E-state index contributed by atoms with van der Waals surface area (Å²) >= 11 is 0. The summed E-state index contributed by atoms with van der Waals surface area (Å²) in [5, 5.41) is 8.64. The van der Waals surface area contributed by atoms with Gasteiger partial charge < -0.3 is 5.32 Å². The molecule has 0 saturated heterocycles. The zero-order valence-corrected chi connectivity index (χ0v) is 14.9. The lowest BCUT2D eigenvalue weighted by Gasteiger charge is -2.13. The van der Waals surface area contributed by atoms with E-state index in [1.165, 1.54) is 29.5 Å². The molecule has 4 rings (SSSR count). The van der Waals surface area contributed by atoms with E-state index in [2.05, 4.69) is 53.1 Å². The van der Waals surface area contributed by atoms with Gasteiger partial charge in [0.25, 0.3) is 0 Å². The van der Waals surface area contributed by atoms with Crippen molar-refractivity contribution in [3.8, 4) is 5.69 Å². The monoisotopic (exact) mass is 332 g/mol. The predicted molar refractivity (Wildman–Crippen MR) is 102 cm³/mol. The van der Waals surface area contributed by atoms with E-state index in [1.807, 2.05) is 18.3 Å². The van der Waals surface area contributed by atoms with E-state index in [0.29, 0.717) is 0 Å². The Kier molecular flexibility index (Phi) is 4.26. The average Bonchev–Trinajstić information content (AvgIpc) is 2.81. The minimum Gasteiger partial charge on any atom is -0.370 e. The molecule has 1 N–H and O–H groups in total. The molecule has 0 radical (unpaired) electrons. The smallest absolute Gasteiger partial charge is 0.133 e. The topological polar surface area (TPSA) is 42.7 Å². The molecule has 0 unspecified atom stereocenters. The van der Waals surface area contributed by atoms with Crippen LogP contribution in [0.2, 0.25) is 0 Å². The van der Waals surface area contributed by atoms with Crippen LogP contribution in [0.1, 0.15) is 40.9 Å². The lowest BCUT2D eigenvalue weighted by Crippen LogP contribution is -2.08. The summed E-state index contributed by atoms with van der Waals surface area (Å²) in [6, 6.07) is 12.5. The molecule has 0 saturated carbocycles. The second-order valence-electron chi connectivity index (χ2n) is 6.79. The van der Waals surface area contributed by atoms with Crippen molar-refractivity contribution in [3.63, 3.8) is 0 Å². The Hall–Kier alpha value is -2.62. The molecule has 0 aliphatic carbocycles. The lowest BCUT2D eigenvalue weighted by atomic mass is 10.1. The van der Waals surface area contributed by atoms with E-state index in [0.717, 1.165) is 42.3 Å². The maximum absolute atomic E-state index is 5.02. The maximum atomic E-state index is 5.02. The van der Waals surface area contributed by atoms with Gasteiger partial charge in [-0.05, 0) is 62.4 Å². The number of hydrogen-bond acceptors (Lipinski definition) is 3. The average molecular weight is 332 g/mol. The van der Waals surface area contributed by atoms with Crippen molar-refractivity contribution in [3.05, 3.63) is 70.7 Å².